The van der Waals surface area contributed by atoms with Gasteiger partial charge in [0, 0.05) is 23.2 Å². The first-order chi connectivity index (χ1) is 15.3. The highest BCUT2D eigenvalue weighted by atomic mass is 35.5. The summed E-state index contributed by atoms with van der Waals surface area (Å²) in [6, 6.07) is 7.09. The van der Waals surface area contributed by atoms with Gasteiger partial charge >= 0.3 is 6.16 Å². The molecule has 0 amide bonds. The maximum Gasteiger partial charge on any atom is 0.505 e. The molecule has 1 aromatic carbocycles. The molecule has 170 valence electrons. The molecule has 2 aromatic heterocycles. The summed E-state index contributed by atoms with van der Waals surface area (Å²) in [5.41, 5.74) is 2.39. The molecule has 4 rings (SSSR count). The van der Waals surface area contributed by atoms with Crippen molar-refractivity contribution < 1.29 is 34.7 Å². The summed E-state index contributed by atoms with van der Waals surface area (Å²) >= 11 is 9.56. The third kappa shape index (κ3) is 4.96. The van der Waals surface area contributed by atoms with Crippen molar-refractivity contribution in [1.29, 1.82) is 0 Å². The van der Waals surface area contributed by atoms with Crippen LogP contribution in [0.1, 0.15) is 22.2 Å². The zero-order chi connectivity index (χ0) is 22.8. The highest BCUT2D eigenvalue weighted by Gasteiger charge is 2.44. The Hall–Kier alpha value is -2.05. The molecule has 0 saturated carbocycles. The minimum Gasteiger partial charge on any atom is -0.450 e. The van der Waals surface area contributed by atoms with E-state index in [9.17, 15) is 20.1 Å². The van der Waals surface area contributed by atoms with Gasteiger partial charge in [0.25, 0.3) is 0 Å². The van der Waals surface area contributed by atoms with E-state index >= 15 is 0 Å². The van der Waals surface area contributed by atoms with Gasteiger partial charge in [-0.3, -0.25) is 0 Å². The van der Waals surface area contributed by atoms with Crippen LogP contribution in [0.3, 0.4) is 0 Å². The molecule has 3 aromatic rings. The fourth-order valence-electron chi connectivity index (χ4n) is 3.52. The van der Waals surface area contributed by atoms with Crippen molar-refractivity contribution in [1.82, 2.24) is 4.98 Å². The molecule has 8 nitrogen and oxygen atoms in total. The van der Waals surface area contributed by atoms with E-state index < -0.39 is 43.3 Å². The van der Waals surface area contributed by atoms with E-state index in [4.69, 9.17) is 21.4 Å². The fourth-order valence-corrected chi connectivity index (χ4v) is 5.37. The van der Waals surface area contributed by atoms with Crippen LogP contribution >= 0.6 is 34.3 Å². The summed E-state index contributed by atoms with van der Waals surface area (Å²) in [6.07, 6.45) is -5.87. The Morgan fingerprint density at radius 2 is 2.00 bits per heavy atom. The van der Waals surface area contributed by atoms with Crippen LogP contribution in [-0.4, -0.2) is 62.6 Å². The molecule has 0 bridgehead atoms. The summed E-state index contributed by atoms with van der Waals surface area (Å²) < 4.78 is 10.2. The fraction of sp³-hybridized carbons (Fsp3) is 0.333. The maximum atomic E-state index is 10.7. The summed E-state index contributed by atoms with van der Waals surface area (Å²) in [6.45, 7) is -0.484. The second-order valence-corrected chi connectivity index (χ2v) is 9.60. The highest BCUT2D eigenvalue weighted by Crippen LogP contribution is 2.35. The minimum atomic E-state index is -1.54. The van der Waals surface area contributed by atoms with E-state index in [1.165, 1.54) is 0 Å². The van der Waals surface area contributed by atoms with Gasteiger partial charge in [-0.05, 0) is 34.0 Å². The Morgan fingerprint density at radius 3 is 2.72 bits per heavy atom. The van der Waals surface area contributed by atoms with Crippen LogP contribution < -0.4 is 0 Å². The SMILES string of the molecule is O=C(O)OC[C@H]1O[C@@H](c2ccc(Cl)c(Cc3ncc(-c4ccsc4)s3)c2)[C@H](O)[C@@H](O)[C@@H]1O. The monoisotopic (exact) mass is 497 g/mol. The van der Waals surface area contributed by atoms with Crippen molar-refractivity contribution in [3.05, 3.63) is 62.4 Å². The number of ether oxygens (including phenoxy) is 2. The van der Waals surface area contributed by atoms with Crippen molar-refractivity contribution in [3.8, 4) is 10.4 Å². The van der Waals surface area contributed by atoms with Crippen molar-refractivity contribution >= 4 is 40.4 Å². The van der Waals surface area contributed by atoms with Gasteiger partial charge in [0.2, 0.25) is 0 Å². The Balaban J connectivity index is 1.55. The number of carboxylic acid groups (broad SMARTS) is 1. The first kappa shape index (κ1) is 23.1. The van der Waals surface area contributed by atoms with Gasteiger partial charge in [-0.15, -0.1) is 11.3 Å². The molecular formula is C21H20ClNO7S2. The molecule has 11 heteroatoms. The van der Waals surface area contributed by atoms with Crippen LogP contribution in [0.4, 0.5) is 4.79 Å². The number of rotatable bonds is 6. The molecular weight excluding hydrogens is 478 g/mol. The first-order valence-electron chi connectivity index (χ1n) is 9.64. The molecule has 0 aliphatic carbocycles. The molecule has 0 unspecified atom stereocenters. The number of aliphatic hydroxyl groups is 3. The molecule has 0 spiro atoms. The van der Waals surface area contributed by atoms with Gasteiger partial charge in [0.1, 0.15) is 37.1 Å². The number of hydrogen-bond donors (Lipinski definition) is 4. The number of aliphatic hydroxyl groups excluding tert-OH is 3. The second kappa shape index (κ2) is 9.84. The molecule has 5 atom stereocenters. The smallest absolute Gasteiger partial charge is 0.450 e. The number of halogens is 1. The molecule has 1 aliphatic rings. The Morgan fingerprint density at radius 1 is 1.19 bits per heavy atom. The van der Waals surface area contributed by atoms with Crippen LogP contribution in [0, 0.1) is 0 Å². The molecule has 3 heterocycles. The maximum absolute atomic E-state index is 10.7. The summed E-state index contributed by atoms with van der Waals surface area (Å²) in [7, 11) is 0. The predicted molar refractivity (Wildman–Crippen MR) is 119 cm³/mol. The highest BCUT2D eigenvalue weighted by molar-refractivity contribution is 7.15. The van der Waals surface area contributed by atoms with Crippen molar-refractivity contribution in [3.63, 3.8) is 0 Å². The van der Waals surface area contributed by atoms with E-state index in [2.05, 4.69) is 15.1 Å². The number of aromatic nitrogens is 1. The summed E-state index contributed by atoms with van der Waals surface area (Å²) in [5, 5.41) is 45.0. The number of nitrogens with zero attached hydrogens (tertiary/aromatic N) is 1. The Bertz CT molecular complexity index is 1070. The van der Waals surface area contributed by atoms with Crippen molar-refractivity contribution in [2.75, 3.05) is 6.61 Å². The molecule has 1 saturated heterocycles. The molecule has 1 aliphatic heterocycles. The van der Waals surface area contributed by atoms with Gasteiger partial charge in [-0.2, -0.15) is 11.3 Å². The van der Waals surface area contributed by atoms with Crippen LogP contribution in [0.15, 0.2) is 41.2 Å². The minimum absolute atomic E-state index is 0.459. The standard InChI is InChI=1S/C21H20ClNO7S2/c22-13-2-1-10(20-19(26)18(25)17(24)14(30-20)8-29-21(27)28)5-12(13)6-16-23-7-15(32-16)11-3-4-31-9-11/h1-5,7,9,14,17-20,24-26H,6,8H2,(H,27,28)/t14-,17-,18+,19-,20+/m1/s1. The molecule has 1 fully saturated rings. The zero-order valence-electron chi connectivity index (χ0n) is 16.5. The lowest BCUT2D eigenvalue weighted by Gasteiger charge is -2.40. The predicted octanol–water partition coefficient (Wildman–Crippen LogP) is 3.33. The summed E-state index contributed by atoms with van der Waals surface area (Å²) in [4.78, 5) is 16.2. The number of carbonyl (C=O) groups is 1. The third-order valence-electron chi connectivity index (χ3n) is 5.18. The van der Waals surface area contributed by atoms with Gasteiger partial charge in [-0.25, -0.2) is 9.78 Å². The summed E-state index contributed by atoms with van der Waals surface area (Å²) in [5.74, 6) is 0. The van der Waals surface area contributed by atoms with Crippen LogP contribution in [0.5, 0.6) is 0 Å². The lowest BCUT2D eigenvalue weighted by molar-refractivity contribution is -0.232. The zero-order valence-corrected chi connectivity index (χ0v) is 18.9. The van der Waals surface area contributed by atoms with E-state index in [0.29, 0.717) is 17.0 Å². The topological polar surface area (TPSA) is 129 Å². The third-order valence-corrected chi connectivity index (χ3v) is 7.28. The normalized spacial score (nSPS) is 25.6. The molecule has 0 radical (unpaired) electrons. The van der Waals surface area contributed by atoms with E-state index in [-0.39, 0.29) is 0 Å². The van der Waals surface area contributed by atoms with Gasteiger partial charge < -0.3 is 29.9 Å². The average Bonchev–Trinajstić information content (AvgIpc) is 3.45. The van der Waals surface area contributed by atoms with Crippen LogP contribution in [0.25, 0.3) is 10.4 Å². The Kier molecular flexibility index (Phi) is 7.11. The molecule has 4 N–H and O–H groups in total. The quantitative estimate of drug-likeness (QED) is 0.382. The van der Waals surface area contributed by atoms with Crippen LogP contribution in [-0.2, 0) is 15.9 Å². The lowest BCUT2D eigenvalue weighted by atomic mass is 9.90. The van der Waals surface area contributed by atoms with Gasteiger partial charge in [-0.1, -0.05) is 23.7 Å². The second-order valence-electron chi connectivity index (χ2n) is 7.30. The van der Waals surface area contributed by atoms with E-state index in [1.54, 1.807) is 40.9 Å². The van der Waals surface area contributed by atoms with Crippen LogP contribution in [0.2, 0.25) is 5.02 Å². The van der Waals surface area contributed by atoms with E-state index in [0.717, 1.165) is 21.0 Å². The largest absolute Gasteiger partial charge is 0.505 e. The first-order valence-corrected chi connectivity index (χ1v) is 11.8. The van der Waals surface area contributed by atoms with E-state index in [1.807, 2.05) is 17.6 Å². The number of hydrogen-bond acceptors (Lipinski definition) is 9. The van der Waals surface area contributed by atoms with Crippen molar-refractivity contribution in [2.24, 2.45) is 0 Å². The average molecular weight is 498 g/mol. The number of benzene rings is 1. The van der Waals surface area contributed by atoms with Gasteiger partial charge in [0.05, 0.1) is 9.88 Å². The number of thiophene rings is 1. The Labute approximate surface area is 196 Å². The number of thiazole rings is 1. The lowest BCUT2D eigenvalue weighted by Crippen LogP contribution is -2.55. The van der Waals surface area contributed by atoms with Crippen molar-refractivity contribution in [2.45, 2.75) is 36.9 Å². The van der Waals surface area contributed by atoms with Gasteiger partial charge in [0.15, 0.2) is 0 Å². The molecule has 32 heavy (non-hydrogen) atoms.